The molecule has 0 aliphatic carbocycles. The second-order valence-electron chi connectivity index (χ2n) is 3.20. The number of hydrogen-bond donors (Lipinski definition) is 2. The van der Waals surface area contributed by atoms with E-state index < -0.39 is 0 Å². The third kappa shape index (κ3) is 2.30. The molecule has 2 rings (SSSR count). The number of benzene rings is 1. The third-order valence-electron chi connectivity index (χ3n) is 2.02. The van der Waals surface area contributed by atoms with Crippen molar-refractivity contribution >= 4 is 33.1 Å². The highest BCUT2D eigenvalue weighted by atomic mass is 79.9. The van der Waals surface area contributed by atoms with Crippen LogP contribution in [0.1, 0.15) is 0 Å². The molecule has 16 heavy (non-hydrogen) atoms. The Morgan fingerprint density at radius 2 is 2.12 bits per heavy atom. The highest BCUT2D eigenvalue weighted by Crippen LogP contribution is 2.23. The van der Waals surface area contributed by atoms with Gasteiger partial charge in [0.05, 0.1) is 10.2 Å². The van der Waals surface area contributed by atoms with E-state index in [0.29, 0.717) is 21.7 Å². The molecule has 0 amide bonds. The summed E-state index contributed by atoms with van der Waals surface area (Å²) in [7, 11) is 0. The zero-order valence-corrected chi connectivity index (χ0v) is 9.83. The standard InChI is InChI=1S/C11H9BrFN3/c12-8-4-3-7(6-9(8)13)16-11-10(14)2-1-5-15-11/h1-6H,14H2,(H,15,16). The van der Waals surface area contributed by atoms with Crippen molar-refractivity contribution in [2.45, 2.75) is 0 Å². The van der Waals surface area contributed by atoms with Crippen LogP contribution in [-0.2, 0) is 0 Å². The van der Waals surface area contributed by atoms with Crippen LogP contribution in [0.15, 0.2) is 41.0 Å². The number of rotatable bonds is 2. The Balaban J connectivity index is 2.28. The van der Waals surface area contributed by atoms with E-state index in [9.17, 15) is 4.39 Å². The summed E-state index contributed by atoms with van der Waals surface area (Å²) in [4.78, 5) is 4.06. The second kappa shape index (κ2) is 4.49. The number of anilines is 3. The van der Waals surface area contributed by atoms with Crippen LogP contribution >= 0.6 is 15.9 Å². The Labute approximate surface area is 101 Å². The average molecular weight is 282 g/mol. The fraction of sp³-hybridized carbons (Fsp3) is 0. The summed E-state index contributed by atoms with van der Waals surface area (Å²) in [6.45, 7) is 0. The molecular formula is C11H9BrFN3. The van der Waals surface area contributed by atoms with E-state index in [-0.39, 0.29) is 5.82 Å². The number of hydrogen-bond acceptors (Lipinski definition) is 3. The molecule has 0 fully saturated rings. The van der Waals surface area contributed by atoms with E-state index in [1.807, 2.05) is 0 Å². The molecule has 0 saturated heterocycles. The maximum atomic E-state index is 13.2. The molecule has 1 aromatic carbocycles. The van der Waals surface area contributed by atoms with Crippen LogP contribution < -0.4 is 11.1 Å². The summed E-state index contributed by atoms with van der Waals surface area (Å²) >= 11 is 3.09. The minimum Gasteiger partial charge on any atom is -0.396 e. The summed E-state index contributed by atoms with van der Waals surface area (Å²) in [5.74, 6) is 0.184. The van der Waals surface area contributed by atoms with Crippen LogP contribution in [0.4, 0.5) is 21.6 Å². The summed E-state index contributed by atoms with van der Waals surface area (Å²) in [5, 5.41) is 2.94. The number of aromatic nitrogens is 1. The minimum atomic E-state index is -0.334. The van der Waals surface area contributed by atoms with Gasteiger partial charge < -0.3 is 11.1 Å². The van der Waals surface area contributed by atoms with Gasteiger partial charge in [0.2, 0.25) is 0 Å². The first-order valence-corrected chi connectivity index (χ1v) is 5.38. The van der Waals surface area contributed by atoms with Crippen LogP contribution in [0, 0.1) is 5.82 Å². The van der Waals surface area contributed by atoms with Crippen molar-refractivity contribution < 1.29 is 4.39 Å². The number of pyridine rings is 1. The lowest BCUT2D eigenvalue weighted by molar-refractivity contribution is 0.622. The van der Waals surface area contributed by atoms with E-state index in [0.717, 1.165) is 0 Å². The molecule has 5 heteroatoms. The summed E-state index contributed by atoms with van der Waals surface area (Å²) in [6.07, 6.45) is 1.62. The summed E-state index contributed by atoms with van der Waals surface area (Å²) < 4.78 is 13.7. The van der Waals surface area contributed by atoms with E-state index in [4.69, 9.17) is 5.73 Å². The van der Waals surface area contributed by atoms with E-state index >= 15 is 0 Å². The third-order valence-corrected chi connectivity index (χ3v) is 2.66. The normalized spacial score (nSPS) is 10.1. The van der Waals surface area contributed by atoms with Gasteiger partial charge in [-0.15, -0.1) is 0 Å². The molecular weight excluding hydrogens is 273 g/mol. The van der Waals surface area contributed by atoms with Crippen LogP contribution in [-0.4, -0.2) is 4.98 Å². The van der Waals surface area contributed by atoms with Gasteiger partial charge in [-0.1, -0.05) is 0 Å². The van der Waals surface area contributed by atoms with Crippen molar-refractivity contribution in [2.24, 2.45) is 0 Å². The maximum absolute atomic E-state index is 13.2. The minimum absolute atomic E-state index is 0.334. The molecule has 0 radical (unpaired) electrons. The van der Waals surface area contributed by atoms with Crippen LogP contribution in [0.25, 0.3) is 0 Å². The predicted octanol–water partition coefficient (Wildman–Crippen LogP) is 3.31. The Morgan fingerprint density at radius 1 is 1.31 bits per heavy atom. The largest absolute Gasteiger partial charge is 0.396 e. The van der Waals surface area contributed by atoms with Crippen molar-refractivity contribution in [2.75, 3.05) is 11.1 Å². The van der Waals surface area contributed by atoms with E-state index in [2.05, 4.69) is 26.2 Å². The van der Waals surface area contributed by atoms with Gasteiger partial charge >= 0.3 is 0 Å². The number of nitrogens with two attached hydrogens (primary N) is 1. The molecule has 0 saturated carbocycles. The summed E-state index contributed by atoms with van der Waals surface area (Å²) in [5.41, 5.74) is 6.83. The quantitative estimate of drug-likeness (QED) is 0.888. The van der Waals surface area contributed by atoms with Gasteiger partial charge in [0.25, 0.3) is 0 Å². The second-order valence-corrected chi connectivity index (χ2v) is 4.05. The van der Waals surface area contributed by atoms with Gasteiger partial charge in [-0.25, -0.2) is 9.37 Å². The van der Waals surface area contributed by atoms with Crippen molar-refractivity contribution in [1.82, 2.24) is 4.98 Å². The molecule has 3 N–H and O–H groups in total. The average Bonchev–Trinajstić information content (AvgIpc) is 2.27. The highest BCUT2D eigenvalue weighted by Gasteiger charge is 2.03. The van der Waals surface area contributed by atoms with Gasteiger partial charge in [0.1, 0.15) is 5.82 Å². The first-order chi connectivity index (χ1) is 7.66. The van der Waals surface area contributed by atoms with Gasteiger partial charge in [0.15, 0.2) is 5.82 Å². The number of nitrogens with one attached hydrogen (secondary N) is 1. The SMILES string of the molecule is Nc1cccnc1Nc1ccc(Br)c(F)c1. The smallest absolute Gasteiger partial charge is 0.153 e. The molecule has 1 heterocycles. The molecule has 0 aliphatic heterocycles. The molecule has 0 unspecified atom stereocenters. The zero-order chi connectivity index (χ0) is 11.5. The van der Waals surface area contributed by atoms with Gasteiger partial charge in [0, 0.05) is 11.9 Å². The highest BCUT2D eigenvalue weighted by molar-refractivity contribution is 9.10. The van der Waals surface area contributed by atoms with Gasteiger partial charge in [-0.2, -0.15) is 0 Å². The molecule has 82 valence electrons. The Bertz CT molecular complexity index is 516. The number of nitrogen functional groups attached to an aromatic ring is 1. The van der Waals surface area contributed by atoms with Crippen molar-refractivity contribution in [3.05, 3.63) is 46.8 Å². The molecule has 0 atom stereocenters. The van der Waals surface area contributed by atoms with E-state index in [1.54, 1.807) is 30.5 Å². The molecule has 0 bridgehead atoms. The van der Waals surface area contributed by atoms with Gasteiger partial charge in [-0.3, -0.25) is 0 Å². The van der Waals surface area contributed by atoms with Crippen molar-refractivity contribution in [3.63, 3.8) is 0 Å². The number of nitrogens with zero attached hydrogens (tertiary/aromatic N) is 1. The van der Waals surface area contributed by atoms with Crippen molar-refractivity contribution in [1.29, 1.82) is 0 Å². The van der Waals surface area contributed by atoms with E-state index in [1.165, 1.54) is 6.07 Å². The Hall–Kier alpha value is -1.62. The topological polar surface area (TPSA) is 50.9 Å². The Kier molecular flexibility index (Phi) is 3.05. The molecule has 3 nitrogen and oxygen atoms in total. The first kappa shape index (κ1) is 10.9. The monoisotopic (exact) mass is 281 g/mol. The lowest BCUT2D eigenvalue weighted by Gasteiger charge is -2.08. The van der Waals surface area contributed by atoms with Crippen LogP contribution in [0.5, 0.6) is 0 Å². The fourth-order valence-corrected chi connectivity index (χ4v) is 1.48. The van der Waals surface area contributed by atoms with Crippen LogP contribution in [0.3, 0.4) is 0 Å². The summed E-state index contributed by atoms with van der Waals surface area (Å²) in [6, 6.07) is 8.20. The predicted molar refractivity (Wildman–Crippen MR) is 66.0 cm³/mol. The number of halogens is 2. The molecule has 0 aliphatic rings. The fourth-order valence-electron chi connectivity index (χ4n) is 1.23. The Morgan fingerprint density at radius 3 is 2.81 bits per heavy atom. The molecule has 0 spiro atoms. The molecule has 2 aromatic rings. The van der Waals surface area contributed by atoms with Gasteiger partial charge in [-0.05, 0) is 46.3 Å². The lowest BCUT2D eigenvalue weighted by Crippen LogP contribution is -1.98. The zero-order valence-electron chi connectivity index (χ0n) is 8.24. The first-order valence-electron chi connectivity index (χ1n) is 4.59. The maximum Gasteiger partial charge on any atom is 0.153 e. The molecule has 1 aromatic heterocycles. The van der Waals surface area contributed by atoms with Crippen LogP contribution in [0.2, 0.25) is 0 Å². The lowest BCUT2D eigenvalue weighted by atomic mass is 10.3. The van der Waals surface area contributed by atoms with Crippen molar-refractivity contribution in [3.8, 4) is 0 Å².